The zero-order chi connectivity index (χ0) is 15.5. The average molecular weight is 318 g/mol. The van der Waals surface area contributed by atoms with Gasteiger partial charge < -0.3 is 10.5 Å². The second-order valence-electron chi connectivity index (χ2n) is 4.89. The Morgan fingerprint density at radius 2 is 2.14 bits per heavy atom. The third kappa shape index (κ3) is 2.82. The Morgan fingerprint density at radius 1 is 1.27 bits per heavy atom. The average Bonchev–Trinajstić information content (AvgIpc) is 2.85. The van der Waals surface area contributed by atoms with Crippen molar-refractivity contribution in [1.82, 2.24) is 19.7 Å². The maximum Gasteiger partial charge on any atom is 0.166 e. The van der Waals surface area contributed by atoms with Crippen LogP contribution in [0.15, 0.2) is 30.6 Å². The smallest absolute Gasteiger partial charge is 0.166 e. The van der Waals surface area contributed by atoms with Crippen LogP contribution in [0.25, 0.3) is 16.7 Å². The van der Waals surface area contributed by atoms with Gasteiger partial charge in [0.1, 0.15) is 17.9 Å². The molecule has 0 fully saturated rings. The van der Waals surface area contributed by atoms with E-state index in [2.05, 4.69) is 15.1 Å². The molecule has 0 radical (unpaired) electrons. The van der Waals surface area contributed by atoms with Crippen LogP contribution in [-0.4, -0.2) is 32.2 Å². The molecule has 6 nitrogen and oxygen atoms in total. The van der Waals surface area contributed by atoms with Gasteiger partial charge in [0.25, 0.3) is 0 Å². The van der Waals surface area contributed by atoms with Gasteiger partial charge in [0.2, 0.25) is 0 Å². The first-order valence-corrected chi connectivity index (χ1v) is 7.48. The van der Waals surface area contributed by atoms with Gasteiger partial charge in [-0.1, -0.05) is 0 Å². The van der Waals surface area contributed by atoms with E-state index in [1.807, 2.05) is 25.1 Å². The van der Waals surface area contributed by atoms with Crippen LogP contribution in [-0.2, 0) is 0 Å². The van der Waals surface area contributed by atoms with Gasteiger partial charge in [-0.25, -0.2) is 9.97 Å². The number of ether oxygens (including phenoxy) is 1. The highest BCUT2D eigenvalue weighted by molar-refractivity contribution is 6.17. The second kappa shape index (κ2) is 6.19. The van der Waals surface area contributed by atoms with Gasteiger partial charge in [-0.15, -0.1) is 11.6 Å². The van der Waals surface area contributed by atoms with Crippen LogP contribution in [0.4, 0.5) is 5.82 Å². The Morgan fingerprint density at radius 3 is 2.86 bits per heavy atom. The third-order valence-corrected chi connectivity index (χ3v) is 3.46. The van der Waals surface area contributed by atoms with Crippen molar-refractivity contribution in [3.05, 3.63) is 36.3 Å². The molecule has 0 aliphatic rings. The summed E-state index contributed by atoms with van der Waals surface area (Å²) in [5.41, 5.74) is 7.60. The van der Waals surface area contributed by atoms with Crippen molar-refractivity contribution < 1.29 is 4.74 Å². The number of rotatable bonds is 5. The SMILES string of the molecule is Cc1cc(N)n(-c2ncnc3cc(OCCCCl)ccc23)n1. The fraction of sp³-hybridized carbons (Fsp3) is 0.267. The summed E-state index contributed by atoms with van der Waals surface area (Å²) in [6.45, 7) is 2.47. The summed E-state index contributed by atoms with van der Waals surface area (Å²) >= 11 is 5.65. The number of aromatic nitrogens is 4. The lowest BCUT2D eigenvalue weighted by Crippen LogP contribution is -2.05. The van der Waals surface area contributed by atoms with Crippen molar-refractivity contribution >= 4 is 28.3 Å². The number of fused-ring (bicyclic) bond motifs is 1. The molecule has 0 saturated carbocycles. The number of hydrogen-bond acceptors (Lipinski definition) is 5. The maximum absolute atomic E-state index is 5.98. The molecule has 7 heteroatoms. The highest BCUT2D eigenvalue weighted by atomic mass is 35.5. The lowest BCUT2D eigenvalue weighted by Gasteiger charge is -2.09. The number of nitrogens with zero attached hydrogens (tertiary/aromatic N) is 4. The predicted octanol–water partition coefficient (Wildman–Crippen LogP) is 2.71. The highest BCUT2D eigenvalue weighted by Gasteiger charge is 2.11. The van der Waals surface area contributed by atoms with Crippen LogP contribution in [0.5, 0.6) is 5.75 Å². The fourth-order valence-corrected chi connectivity index (χ4v) is 2.32. The standard InChI is InChI=1S/C15H16ClN5O/c1-10-7-14(17)21(20-10)15-12-4-3-11(22-6-2-5-16)8-13(12)18-9-19-15/h3-4,7-9H,2,5-6,17H2,1H3. The van der Waals surface area contributed by atoms with Crippen LogP contribution < -0.4 is 10.5 Å². The van der Waals surface area contributed by atoms with Gasteiger partial charge in [-0.05, 0) is 25.5 Å². The van der Waals surface area contributed by atoms with Crippen molar-refractivity contribution in [2.75, 3.05) is 18.2 Å². The van der Waals surface area contributed by atoms with Crippen molar-refractivity contribution in [1.29, 1.82) is 0 Å². The first kappa shape index (κ1) is 14.6. The van der Waals surface area contributed by atoms with Gasteiger partial charge in [-0.2, -0.15) is 9.78 Å². The molecule has 0 spiro atoms. The maximum atomic E-state index is 5.98. The van der Waals surface area contributed by atoms with E-state index < -0.39 is 0 Å². The van der Waals surface area contributed by atoms with Gasteiger partial charge in [0.15, 0.2) is 5.82 Å². The summed E-state index contributed by atoms with van der Waals surface area (Å²) in [6.07, 6.45) is 2.30. The van der Waals surface area contributed by atoms with Crippen molar-refractivity contribution in [2.45, 2.75) is 13.3 Å². The molecule has 0 atom stereocenters. The van der Waals surface area contributed by atoms with Gasteiger partial charge in [-0.3, -0.25) is 0 Å². The van der Waals surface area contributed by atoms with Crippen LogP contribution in [0.3, 0.4) is 0 Å². The van der Waals surface area contributed by atoms with Crippen molar-refractivity contribution in [3.63, 3.8) is 0 Å². The Balaban J connectivity index is 2.01. The van der Waals surface area contributed by atoms with Crippen LogP contribution in [0.2, 0.25) is 0 Å². The molecule has 0 amide bonds. The summed E-state index contributed by atoms with van der Waals surface area (Å²) in [5.74, 6) is 2.53. The lowest BCUT2D eigenvalue weighted by molar-refractivity contribution is 0.318. The number of hydrogen-bond donors (Lipinski definition) is 1. The van der Waals surface area contributed by atoms with E-state index in [1.165, 1.54) is 6.33 Å². The van der Waals surface area contributed by atoms with Crippen LogP contribution in [0.1, 0.15) is 12.1 Å². The Bertz CT molecular complexity index is 802. The van der Waals surface area contributed by atoms with Gasteiger partial charge in [0, 0.05) is 23.4 Å². The molecule has 0 aliphatic heterocycles. The monoisotopic (exact) mass is 317 g/mol. The van der Waals surface area contributed by atoms with E-state index in [0.717, 1.165) is 28.8 Å². The van der Waals surface area contributed by atoms with Gasteiger partial charge >= 0.3 is 0 Å². The first-order chi connectivity index (χ1) is 10.7. The summed E-state index contributed by atoms with van der Waals surface area (Å²) in [7, 11) is 0. The van der Waals surface area contributed by atoms with E-state index in [-0.39, 0.29) is 0 Å². The minimum atomic E-state index is 0.542. The van der Waals surface area contributed by atoms with E-state index in [4.69, 9.17) is 22.1 Å². The minimum Gasteiger partial charge on any atom is -0.493 e. The number of aryl methyl sites for hydroxylation is 1. The summed E-state index contributed by atoms with van der Waals surface area (Å²) in [5, 5.41) is 5.23. The fourth-order valence-electron chi connectivity index (χ4n) is 2.21. The van der Waals surface area contributed by atoms with E-state index in [9.17, 15) is 0 Å². The second-order valence-corrected chi connectivity index (χ2v) is 5.27. The molecule has 0 unspecified atom stereocenters. The molecule has 3 aromatic rings. The predicted molar refractivity (Wildman–Crippen MR) is 86.6 cm³/mol. The van der Waals surface area contributed by atoms with Crippen molar-refractivity contribution in [3.8, 4) is 11.6 Å². The molecule has 2 heterocycles. The molecule has 22 heavy (non-hydrogen) atoms. The molecule has 0 bridgehead atoms. The first-order valence-electron chi connectivity index (χ1n) is 6.95. The van der Waals surface area contributed by atoms with Crippen LogP contribution >= 0.6 is 11.6 Å². The number of nitrogens with two attached hydrogens (primary N) is 1. The topological polar surface area (TPSA) is 78.9 Å². The molecular formula is C15H16ClN5O. The Hall–Kier alpha value is -2.34. The van der Waals surface area contributed by atoms with Crippen molar-refractivity contribution in [2.24, 2.45) is 0 Å². The van der Waals surface area contributed by atoms with E-state index in [0.29, 0.717) is 24.1 Å². The molecule has 0 saturated heterocycles. The molecule has 3 rings (SSSR count). The zero-order valence-electron chi connectivity index (χ0n) is 12.2. The Labute approximate surface area is 132 Å². The van der Waals surface area contributed by atoms with Gasteiger partial charge in [0.05, 0.1) is 17.8 Å². The zero-order valence-corrected chi connectivity index (χ0v) is 12.9. The molecular weight excluding hydrogens is 302 g/mol. The number of alkyl halides is 1. The van der Waals surface area contributed by atoms with E-state index >= 15 is 0 Å². The van der Waals surface area contributed by atoms with E-state index in [1.54, 1.807) is 10.7 Å². The Kier molecular flexibility index (Phi) is 4.11. The lowest BCUT2D eigenvalue weighted by atomic mass is 10.2. The summed E-state index contributed by atoms with van der Waals surface area (Å²) < 4.78 is 7.25. The number of halogens is 1. The minimum absolute atomic E-state index is 0.542. The normalized spacial score (nSPS) is 11.0. The summed E-state index contributed by atoms with van der Waals surface area (Å²) in [4.78, 5) is 8.60. The molecule has 114 valence electrons. The highest BCUT2D eigenvalue weighted by Crippen LogP contribution is 2.24. The molecule has 0 aliphatic carbocycles. The number of nitrogen functional groups attached to an aromatic ring is 1. The molecule has 1 aromatic carbocycles. The molecule has 2 N–H and O–H groups in total. The number of benzene rings is 1. The largest absolute Gasteiger partial charge is 0.493 e. The van der Waals surface area contributed by atoms with Crippen LogP contribution in [0, 0.1) is 6.92 Å². The third-order valence-electron chi connectivity index (χ3n) is 3.19. The number of anilines is 1. The molecule has 2 aromatic heterocycles. The summed E-state index contributed by atoms with van der Waals surface area (Å²) in [6, 6.07) is 7.48. The quantitative estimate of drug-likeness (QED) is 0.578.